The van der Waals surface area contributed by atoms with Crippen molar-refractivity contribution in [1.82, 2.24) is 20.1 Å². The van der Waals surface area contributed by atoms with Crippen LogP contribution in [0, 0.1) is 0 Å². The minimum Gasteiger partial charge on any atom is -0.345 e. The molecule has 19 heavy (non-hydrogen) atoms. The molecule has 3 N–H and O–H groups in total. The lowest BCUT2D eigenvalue weighted by Crippen LogP contribution is -2.36. The van der Waals surface area contributed by atoms with E-state index in [2.05, 4.69) is 15.5 Å². The van der Waals surface area contributed by atoms with Gasteiger partial charge in [0.05, 0.1) is 6.04 Å². The summed E-state index contributed by atoms with van der Waals surface area (Å²) in [5.41, 5.74) is 6.71. The van der Waals surface area contributed by atoms with Crippen LogP contribution in [-0.4, -0.2) is 20.7 Å². The van der Waals surface area contributed by atoms with E-state index in [0.29, 0.717) is 5.82 Å². The number of hydrogen-bond acceptors (Lipinski definition) is 4. The smallest absolute Gasteiger partial charge is 0.242 e. The number of hydrogen-bond donors (Lipinski definition) is 2. The van der Waals surface area contributed by atoms with Gasteiger partial charge in [-0.2, -0.15) is 0 Å². The lowest BCUT2D eigenvalue weighted by atomic mass is 10.1. The second-order valence-electron chi connectivity index (χ2n) is 4.42. The first-order chi connectivity index (χ1) is 9.09. The van der Waals surface area contributed by atoms with Crippen LogP contribution in [0.25, 0.3) is 0 Å². The van der Waals surface area contributed by atoms with Crippen molar-refractivity contribution in [2.45, 2.75) is 19.0 Å². The van der Waals surface area contributed by atoms with E-state index in [1.54, 1.807) is 10.9 Å². The lowest BCUT2D eigenvalue weighted by Gasteiger charge is -2.17. The van der Waals surface area contributed by atoms with E-state index in [0.717, 1.165) is 5.56 Å². The maximum absolute atomic E-state index is 12.1. The predicted molar refractivity (Wildman–Crippen MR) is 70.9 cm³/mol. The third-order valence-corrected chi connectivity index (χ3v) is 2.93. The van der Waals surface area contributed by atoms with Crippen LogP contribution in [0.5, 0.6) is 0 Å². The van der Waals surface area contributed by atoms with Crippen LogP contribution >= 0.6 is 0 Å². The first-order valence-corrected chi connectivity index (χ1v) is 6.04. The minimum atomic E-state index is -0.683. The number of aromatic nitrogens is 3. The molecule has 1 amide bonds. The molecule has 0 aliphatic rings. The Balaban J connectivity index is 2.04. The van der Waals surface area contributed by atoms with E-state index in [4.69, 9.17) is 5.73 Å². The average Bonchev–Trinajstić information content (AvgIpc) is 2.85. The topological polar surface area (TPSA) is 85.8 Å². The summed E-state index contributed by atoms with van der Waals surface area (Å²) < 4.78 is 1.76. The Hall–Kier alpha value is -2.21. The average molecular weight is 259 g/mol. The standard InChI is InChI=1S/C13H17N5O/c1-9(12-17-15-8-18(12)2)16-13(19)11(14)10-6-4-3-5-7-10/h3-9,11H,14H2,1-2H3,(H,16,19). The number of aryl methyl sites for hydroxylation is 1. The molecule has 2 unspecified atom stereocenters. The molecule has 0 spiro atoms. The molecule has 1 aromatic heterocycles. The van der Waals surface area contributed by atoms with Gasteiger partial charge < -0.3 is 15.6 Å². The number of nitrogens with zero attached hydrogens (tertiary/aromatic N) is 3. The highest BCUT2D eigenvalue weighted by Crippen LogP contribution is 2.13. The number of rotatable bonds is 4. The fourth-order valence-corrected chi connectivity index (χ4v) is 1.86. The van der Waals surface area contributed by atoms with Crippen LogP contribution in [0.15, 0.2) is 36.7 Å². The van der Waals surface area contributed by atoms with Crippen LogP contribution < -0.4 is 11.1 Å². The zero-order valence-electron chi connectivity index (χ0n) is 10.9. The summed E-state index contributed by atoms with van der Waals surface area (Å²) >= 11 is 0. The third-order valence-electron chi connectivity index (χ3n) is 2.93. The zero-order chi connectivity index (χ0) is 13.8. The van der Waals surface area contributed by atoms with E-state index in [1.807, 2.05) is 44.3 Å². The van der Waals surface area contributed by atoms with Crippen molar-refractivity contribution in [3.63, 3.8) is 0 Å². The molecule has 0 saturated carbocycles. The highest BCUT2D eigenvalue weighted by atomic mass is 16.2. The summed E-state index contributed by atoms with van der Waals surface area (Å²) in [5.74, 6) is 0.454. The normalized spacial score (nSPS) is 13.8. The van der Waals surface area contributed by atoms with Gasteiger partial charge in [0.1, 0.15) is 12.4 Å². The Morgan fingerprint density at radius 2 is 2.05 bits per heavy atom. The molecule has 2 rings (SSSR count). The molecule has 0 radical (unpaired) electrons. The summed E-state index contributed by atoms with van der Waals surface area (Å²) in [5, 5.41) is 10.6. The van der Waals surface area contributed by atoms with Crippen molar-refractivity contribution in [3.8, 4) is 0 Å². The maximum Gasteiger partial charge on any atom is 0.242 e. The molecule has 2 aromatic rings. The Morgan fingerprint density at radius 3 is 2.63 bits per heavy atom. The molecule has 2 atom stereocenters. The van der Waals surface area contributed by atoms with Gasteiger partial charge in [0.15, 0.2) is 5.82 Å². The van der Waals surface area contributed by atoms with Gasteiger partial charge in [0.2, 0.25) is 5.91 Å². The van der Waals surface area contributed by atoms with Crippen molar-refractivity contribution in [3.05, 3.63) is 48.0 Å². The van der Waals surface area contributed by atoms with E-state index in [-0.39, 0.29) is 11.9 Å². The molecular weight excluding hydrogens is 242 g/mol. The van der Waals surface area contributed by atoms with Crippen molar-refractivity contribution >= 4 is 5.91 Å². The van der Waals surface area contributed by atoms with E-state index in [9.17, 15) is 4.79 Å². The minimum absolute atomic E-state index is 0.235. The van der Waals surface area contributed by atoms with Crippen LogP contribution in [0.1, 0.15) is 30.4 Å². The highest BCUT2D eigenvalue weighted by molar-refractivity contribution is 5.83. The number of amides is 1. The van der Waals surface area contributed by atoms with E-state index < -0.39 is 6.04 Å². The van der Waals surface area contributed by atoms with Crippen molar-refractivity contribution < 1.29 is 4.79 Å². The third kappa shape index (κ3) is 2.97. The van der Waals surface area contributed by atoms with E-state index in [1.165, 1.54) is 0 Å². The molecule has 0 bridgehead atoms. The summed E-state index contributed by atoms with van der Waals surface area (Å²) in [6.07, 6.45) is 1.59. The van der Waals surface area contributed by atoms with Crippen LogP contribution in [0.3, 0.4) is 0 Å². The number of carbonyl (C=O) groups excluding carboxylic acids is 1. The van der Waals surface area contributed by atoms with Crippen LogP contribution in [0.2, 0.25) is 0 Å². The number of benzene rings is 1. The fourth-order valence-electron chi connectivity index (χ4n) is 1.86. The molecule has 0 fully saturated rings. The van der Waals surface area contributed by atoms with Crippen molar-refractivity contribution in [1.29, 1.82) is 0 Å². The molecule has 0 saturated heterocycles. The molecule has 0 aliphatic heterocycles. The molecule has 100 valence electrons. The second kappa shape index (κ2) is 5.62. The molecular formula is C13H17N5O. The van der Waals surface area contributed by atoms with E-state index >= 15 is 0 Å². The van der Waals surface area contributed by atoms with Gasteiger partial charge in [-0.3, -0.25) is 4.79 Å². The Bertz CT molecular complexity index is 551. The van der Waals surface area contributed by atoms with Crippen molar-refractivity contribution in [2.24, 2.45) is 12.8 Å². The van der Waals surface area contributed by atoms with Gasteiger partial charge in [-0.1, -0.05) is 30.3 Å². The Morgan fingerprint density at radius 1 is 1.37 bits per heavy atom. The quantitative estimate of drug-likeness (QED) is 0.846. The fraction of sp³-hybridized carbons (Fsp3) is 0.308. The summed E-state index contributed by atoms with van der Waals surface area (Å²) in [7, 11) is 1.83. The SMILES string of the molecule is CC(NC(=O)C(N)c1ccccc1)c1nncn1C. The van der Waals surface area contributed by atoms with Crippen molar-refractivity contribution in [2.75, 3.05) is 0 Å². The molecule has 0 aliphatic carbocycles. The maximum atomic E-state index is 12.1. The van der Waals surface area contributed by atoms with Gasteiger partial charge in [0.25, 0.3) is 0 Å². The van der Waals surface area contributed by atoms with Gasteiger partial charge >= 0.3 is 0 Å². The van der Waals surface area contributed by atoms with Gasteiger partial charge in [-0.05, 0) is 12.5 Å². The monoisotopic (exact) mass is 259 g/mol. The molecule has 6 heteroatoms. The molecule has 6 nitrogen and oxygen atoms in total. The lowest BCUT2D eigenvalue weighted by molar-refractivity contribution is -0.123. The summed E-state index contributed by atoms with van der Waals surface area (Å²) in [6, 6.07) is 8.33. The first-order valence-electron chi connectivity index (χ1n) is 6.04. The highest BCUT2D eigenvalue weighted by Gasteiger charge is 2.20. The second-order valence-corrected chi connectivity index (χ2v) is 4.42. The number of carbonyl (C=O) groups is 1. The largest absolute Gasteiger partial charge is 0.345 e. The summed E-state index contributed by atoms with van der Waals surface area (Å²) in [6.45, 7) is 1.85. The Labute approximate surface area is 111 Å². The molecule has 1 aromatic carbocycles. The van der Waals surface area contributed by atoms with Gasteiger partial charge in [-0.15, -0.1) is 10.2 Å². The zero-order valence-corrected chi connectivity index (χ0v) is 10.9. The number of nitrogens with one attached hydrogen (secondary N) is 1. The van der Waals surface area contributed by atoms with Gasteiger partial charge in [-0.25, -0.2) is 0 Å². The van der Waals surface area contributed by atoms with Crippen LogP contribution in [0.4, 0.5) is 0 Å². The first kappa shape index (κ1) is 13.2. The number of nitrogens with two attached hydrogens (primary N) is 1. The van der Waals surface area contributed by atoms with Gasteiger partial charge in [0, 0.05) is 7.05 Å². The van der Waals surface area contributed by atoms with Crippen LogP contribution in [-0.2, 0) is 11.8 Å². The molecule has 1 heterocycles. The summed E-state index contributed by atoms with van der Waals surface area (Å²) in [4.78, 5) is 12.1. The Kier molecular flexibility index (Phi) is 3.91. The predicted octanol–water partition coefficient (Wildman–Crippen LogP) is 0.692.